The number of nitrogens with two attached hydrogens (primary N) is 5. The topological polar surface area (TPSA) is 509 Å². The Balaban J connectivity index is 6.37. The molecule has 0 bridgehead atoms. The van der Waals surface area contributed by atoms with E-state index in [4.69, 9.17) is 28.7 Å². The van der Waals surface area contributed by atoms with Crippen LogP contribution in [0, 0.1) is 5.92 Å². The van der Waals surface area contributed by atoms with Crippen LogP contribution in [0.25, 0.3) is 0 Å². The lowest BCUT2D eigenvalue weighted by atomic mass is 10.0. The summed E-state index contributed by atoms with van der Waals surface area (Å²) in [6.45, 7) is 2.96. The van der Waals surface area contributed by atoms with E-state index in [2.05, 4.69) is 42.5 Å². The predicted molar refractivity (Wildman–Crippen MR) is 230 cm³/mol. The van der Waals surface area contributed by atoms with Crippen LogP contribution in [0.15, 0.2) is 0 Å². The number of aliphatic hydroxyl groups is 1. The Kier molecular flexibility index (Phi) is 27.8. The molecule has 0 aromatic carbocycles. The van der Waals surface area contributed by atoms with Crippen LogP contribution in [0.1, 0.15) is 85.0 Å². The van der Waals surface area contributed by atoms with Gasteiger partial charge >= 0.3 is 11.9 Å². The number of hydrogen-bond donors (Lipinski definition) is 16. The van der Waals surface area contributed by atoms with Crippen molar-refractivity contribution in [2.24, 2.45) is 34.6 Å². The molecule has 67 heavy (non-hydrogen) atoms. The van der Waals surface area contributed by atoms with Crippen LogP contribution >= 0.6 is 0 Å². The first kappa shape index (κ1) is 60.0. The fourth-order valence-electron chi connectivity index (χ4n) is 5.60. The average Bonchev–Trinajstić information content (AvgIpc) is 3.24. The molecule has 0 spiro atoms. The minimum atomic E-state index is -1.92. The summed E-state index contributed by atoms with van der Waals surface area (Å²) in [4.78, 5) is 163. The summed E-state index contributed by atoms with van der Waals surface area (Å²) in [7, 11) is 0. The number of carbonyl (C=O) groups is 13. The zero-order chi connectivity index (χ0) is 51.6. The number of amides is 11. The highest BCUT2D eigenvalue weighted by Gasteiger charge is 2.34. The molecule has 11 amide bonds. The maximum Gasteiger partial charge on any atom is 0.328 e. The molecule has 0 fully saturated rings. The Morgan fingerprint density at radius 1 is 0.493 bits per heavy atom. The highest BCUT2D eigenvalue weighted by Crippen LogP contribution is 2.08. The van der Waals surface area contributed by atoms with Gasteiger partial charge in [-0.05, 0) is 57.9 Å². The fourth-order valence-corrected chi connectivity index (χ4v) is 5.60. The molecule has 8 atom stereocenters. The van der Waals surface area contributed by atoms with E-state index in [0.717, 1.165) is 0 Å². The van der Waals surface area contributed by atoms with Crippen LogP contribution in [0.2, 0.25) is 0 Å². The zero-order valence-corrected chi connectivity index (χ0v) is 37.4. The number of carboxylic acids is 2. The van der Waals surface area contributed by atoms with Gasteiger partial charge in [0.2, 0.25) is 65.0 Å². The van der Waals surface area contributed by atoms with E-state index >= 15 is 0 Å². The molecule has 0 aromatic rings. The van der Waals surface area contributed by atoms with E-state index in [-0.39, 0.29) is 18.9 Å². The highest BCUT2D eigenvalue weighted by molar-refractivity contribution is 5.99. The van der Waals surface area contributed by atoms with Gasteiger partial charge in [-0.15, -0.1) is 0 Å². The molecule has 0 saturated carbocycles. The van der Waals surface area contributed by atoms with Crippen molar-refractivity contribution in [3.8, 4) is 0 Å². The van der Waals surface area contributed by atoms with Gasteiger partial charge in [-0.3, -0.25) is 57.5 Å². The maximum absolute atomic E-state index is 13.7. The van der Waals surface area contributed by atoms with E-state index in [0.29, 0.717) is 12.8 Å². The molecule has 0 unspecified atom stereocenters. The average molecular weight is 960 g/mol. The Morgan fingerprint density at radius 3 is 1.36 bits per heavy atom. The first-order chi connectivity index (χ1) is 31.2. The molecular formula is C38H65N13O16. The number of carbonyl (C=O) groups excluding carboxylic acids is 11. The molecule has 0 aliphatic heterocycles. The van der Waals surface area contributed by atoms with Gasteiger partial charge in [0.15, 0.2) is 0 Å². The summed E-state index contributed by atoms with van der Waals surface area (Å²) < 4.78 is 0. The van der Waals surface area contributed by atoms with Gasteiger partial charge in [0.05, 0.1) is 25.6 Å². The standard InChI is InChI=1S/C38H65N13O16/c1-17(2)30(43)37(65)45-18(3)31(59)47-22(9-12-29(57)58)35(63)50-23(14-27(42)55)36(64)49-21(8-11-26(41)54)34(62)48-20(7-10-25(40)53)32(60)44-15-28(56)46-19(6-4-5-13-39)33(61)51-24(16-52)38(66)67/h17-24,30,52H,4-16,39,43H2,1-3H3,(H2,40,53)(H2,41,54)(H2,42,55)(H,44,60)(H,45,65)(H,46,56)(H,47,59)(H,48,62)(H,49,64)(H,50,63)(H,51,61)(H,57,58)(H,66,67)/t18-,19-,20-,21-,22-,23-,24-,30-/m0/s1. The number of aliphatic hydroxyl groups excluding tert-OH is 1. The molecule has 0 aliphatic rings. The van der Waals surface area contributed by atoms with Gasteiger partial charge in [0.1, 0.15) is 42.3 Å². The van der Waals surface area contributed by atoms with Crippen molar-refractivity contribution in [3.63, 3.8) is 0 Å². The largest absolute Gasteiger partial charge is 0.481 e. The molecule has 0 saturated heterocycles. The number of rotatable bonds is 34. The van der Waals surface area contributed by atoms with Gasteiger partial charge in [0, 0.05) is 19.3 Å². The lowest BCUT2D eigenvalue weighted by Crippen LogP contribution is -2.60. The van der Waals surface area contributed by atoms with Gasteiger partial charge in [-0.2, -0.15) is 0 Å². The predicted octanol–water partition coefficient (Wildman–Crippen LogP) is -8.02. The molecule has 0 radical (unpaired) electrons. The van der Waals surface area contributed by atoms with E-state index in [9.17, 15) is 77.6 Å². The van der Waals surface area contributed by atoms with E-state index in [1.807, 2.05) is 0 Å². The maximum atomic E-state index is 13.7. The number of nitrogens with one attached hydrogen (secondary N) is 8. The third kappa shape index (κ3) is 24.7. The van der Waals surface area contributed by atoms with Gasteiger partial charge in [-0.25, -0.2) is 4.79 Å². The minimum absolute atomic E-state index is 0.0309. The molecule has 0 heterocycles. The van der Waals surface area contributed by atoms with Crippen molar-refractivity contribution in [2.75, 3.05) is 19.7 Å². The lowest BCUT2D eigenvalue weighted by molar-refractivity contribution is -0.143. The summed E-state index contributed by atoms with van der Waals surface area (Å²) in [6, 6.07) is -12.4. The van der Waals surface area contributed by atoms with Crippen LogP contribution in [0.4, 0.5) is 0 Å². The van der Waals surface area contributed by atoms with Crippen molar-refractivity contribution >= 4 is 76.9 Å². The second-order valence-electron chi connectivity index (χ2n) is 15.6. The summed E-state index contributed by atoms with van der Waals surface area (Å²) in [5, 5.41) is 45.6. The number of aliphatic carboxylic acids is 2. The number of primary amides is 3. The lowest BCUT2D eigenvalue weighted by Gasteiger charge is -2.26. The molecule has 29 nitrogen and oxygen atoms in total. The van der Waals surface area contributed by atoms with E-state index < -0.39 is 183 Å². The summed E-state index contributed by atoms with van der Waals surface area (Å²) in [6.07, 6.45) is -3.68. The van der Waals surface area contributed by atoms with Crippen LogP contribution in [0.5, 0.6) is 0 Å². The second kappa shape index (κ2) is 31.0. The molecule has 0 aromatic heterocycles. The van der Waals surface area contributed by atoms with Crippen molar-refractivity contribution in [1.82, 2.24) is 42.5 Å². The zero-order valence-electron chi connectivity index (χ0n) is 37.4. The monoisotopic (exact) mass is 959 g/mol. The molecular weight excluding hydrogens is 894 g/mol. The van der Waals surface area contributed by atoms with Gasteiger partial charge < -0.3 is 86.5 Å². The minimum Gasteiger partial charge on any atom is -0.481 e. The first-order valence-electron chi connectivity index (χ1n) is 21.0. The smallest absolute Gasteiger partial charge is 0.328 e. The SMILES string of the molecule is CC(C)[C@H](N)C(=O)N[C@@H](C)C(=O)N[C@@H](CCC(=O)O)C(=O)N[C@@H](CC(N)=O)C(=O)N[C@@H](CCC(N)=O)C(=O)N[C@@H](CCC(N)=O)C(=O)NCC(=O)N[C@@H](CCCCN)C(=O)N[C@@H](CO)C(=O)O. The van der Waals surface area contributed by atoms with Gasteiger partial charge in [-0.1, -0.05) is 13.8 Å². The third-order valence-corrected chi connectivity index (χ3v) is 9.53. The summed E-state index contributed by atoms with van der Waals surface area (Å²) in [5.74, 6) is -14.8. The second-order valence-corrected chi connectivity index (χ2v) is 15.6. The molecule has 0 aliphatic carbocycles. The summed E-state index contributed by atoms with van der Waals surface area (Å²) >= 11 is 0. The molecule has 0 rings (SSSR count). The van der Waals surface area contributed by atoms with Crippen molar-refractivity contribution in [1.29, 1.82) is 0 Å². The number of hydrogen-bond acceptors (Lipinski definition) is 16. The Morgan fingerprint density at radius 2 is 0.925 bits per heavy atom. The summed E-state index contributed by atoms with van der Waals surface area (Å²) in [5.41, 5.74) is 27.1. The highest BCUT2D eigenvalue weighted by atomic mass is 16.4. The first-order valence-corrected chi connectivity index (χ1v) is 21.0. The van der Waals surface area contributed by atoms with Crippen LogP contribution < -0.4 is 71.2 Å². The third-order valence-electron chi connectivity index (χ3n) is 9.53. The molecule has 29 heteroatoms. The normalized spacial score (nSPS) is 14.4. The van der Waals surface area contributed by atoms with Crippen LogP contribution in [-0.2, 0) is 62.3 Å². The molecule has 378 valence electrons. The number of unbranched alkanes of at least 4 members (excludes halogenated alkanes) is 1. The number of carboxylic acid groups (broad SMARTS) is 2. The van der Waals surface area contributed by atoms with Crippen molar-refractivity contribution < 1.29 is 77.6 Å². The van der Waals surface area contributed by atoms with E-state index in [1.165, 1.54) is 6.92 Å². The Bertz CT molecular complexity index is 1800. The molecule has 21 N–H and O–H groups in total. The van der Waals surface area contributed by atoms with Crippen LogP contribution in [0.3, 0.4) is 0 Å². The van der Waals surface area contributed by atoms with Gasteiger partial charge in [0.25, 0.3) is 0 Å². The van der Waals surface area contributed by atoms with Crippen LogP contribution in [-0.4, -0.2) is 160 Å². The Labute approximate surface area is 384 Å². The van der Waals surface area contributed by atoms with Crippen molar-refractivity contribution in [2.45, 2.75) is 133 Å². The fraction of sp³-hybridized carbons (Fsp3) is 0.658. The Hall–Kier alpha value is -7.01. The quantitative estimate of drug-likeness (QED) is 0.0266. The van der Waals surface area contributed by atoms with E-state index in [1.54, 1.807) is 13.8 Å². The van der Waals surface area contributed by atoms with Crippen molar-refractivity contribution in [3.05, 3.63) is 0 Å².